The van der Waals surface area contributed by atoms with Crippen LogP contribution in [0.25, 0.3) is 11.2 Å². The molecular formula is C25H29F3N6O2. The monoisotopic (exact) mass is 502 g/mol. The van der Waals surface area contributed by atoms with Crippen molar-refractivity contribution >= 4 is 17.1 Å². The van der Waals surface area contributed by atoms with Gasteiger partial charge in [-0.1, -0.05) is 25.0 Å². The summed E-state index contributed by atoms with van der Waals surface area (Å²) in [7, 11) is 1.62. The Hall–Kier alpha value is -3.08. The third kappa shape index (κ3) is 3.66. The van der Waals surface area contributed by atoms with Crippen molar-refractivity contribution in [1.82, 2.24) is 24.0 Å². The number of hydrogen-bond acceptors (Lipinski definition) is 5. The maximum Gasteiger partial charge on any atom is 0.416 e. The Bertz CT molecular complexity index is 1430. The van der Waals surface area contributed by atoms with E-state index in [1.165, 1.54) is 15.2 Å². The van der Waals surface area contributed by atoms with Crippen LogP contribution in [0.5, 0.6) is 0 Å². The lowest BCUT2D eigenvalue weighted by molar-refractivity contribution is -0.137. The van der Waals surface area contributed by atoms with Crippen molar-refractivity contribution in [3.05, 3.63) is 56.2 Å². The van der Waals surface area contributed by atoms with E-state index >= 15 is 0 Å². The summed E-state index contributed by atoms with van der Waals surface area (Å²) in [4.78, 5) is 34.1. The summed E-state index contributed by atoms with van der Waals surface area (Å²) in [5, 5.41) is 3.40. The highest BCUT2D eigenvalue weighted by molar-refractivity contribution is 5.75. The molecule has 4 heterocycles. The Labute approximate surface area is 205 Å². The minimum Gasteiger partial charge on any atom is -0.338 e. The summed E-state index contributed by atoms with van der Waals surface area (Å²) >= 11 is 0. The van der Waals surface area contributed by atoms with E-state index in [1.54, 1.807) is 17.7 Å². The highest BCUT2D eigenvalue weighted by Gasteiger charge is 2.40. The van der Waals surface area contributed by atoms with Gasteiger partial charge in [-0.25, -0.2) is 4.79 Å². The molecule has 2 unspecified atom stereocenters. The number of benzene rings is 1. The van der Waals surface area contributed by atoms with Crippen molar-refractivity contribution in [1.29, 1.82) is 0 Å². The van der Waals surface area contributed by atoms with E-state index in [0.29, 0.717) is 17.4 Å². The Balaban J connectivity index is 1.56. The summed E-state index contributed by atoms with van der Waals surface area (Å²) in [6.07, 6.45) is -0.0658. The van der Waals surface area contributed by atoms with E-state index in [1.807, 2.05) is 0 Å². The van der Waals surface area contributed by atoms with Gasteiger partial charge in [-0.2, -0.15) is 18.2 Å². The molecule has 3 aliphatic rings. The molecule has 8 nitrogen and oxygen atoms in total. The molecule has 11 heteroatoms. The zero-order valence-electron chi connectivity index (χ0n) is 20.1. The van der Waals surface area contributed by atoms with Gasteiger partial charge in [0.15, 0.2) is 11.2 Å². The van der Waals surface area contributed by atoms with Crippen LogP contribution in [0.2, 0.25) is 0 Å². The van der Waals surface area contributed by atoms with Gasteiger partial charge in [-0.15, -0.1) is 0 Å². The predicted octanol–water partition coefficient (Wildman–Crippen LogP) is 2.88. The van der Waals surface area contributed by atoms with Crippen molar-refractivity contribution in [2.24, 2.45) is 13.0 Å². The second-order valence-electron chi connectivity index (χ2n) is 10.3. The molecule has 3 fully saturated rings. The molecule has 1 aliphatic carbocycles. The van der Waals surface area contributed by atoms with Crippen molar-refractivity contribution in [2.75, 3.05) is 24.5 Å². The standard InChI is InChI=1S/C25H29F3N6O2/c1-31-21-20(22(35)34(24(31)36)18-7-2-3-8-18)33(14-15-5-4-6-17(11-15)25(26,27)28)23(30-21)32-10-9-16-12-29-13-19(16)32/h4-6,11,16,18-19,29H,2-3,7-10,12-14H2,1H3. The van der Waals surface area contributed by atoms with Crippen molar-refractivity contribution in [2.45, 2.75) is 56.9 Å². The fourth-order valence-corrected chi connectivity index (χ4v) is 6.31. The molecule has 1 N–H and O–H groups in total. The third-order valence-electron chi connectivity index (χ3n) is 8.15. The largest absolute Gasteiger partial charge is 0.416 e. The highest BCUT2D eigenvalue weighted by Crippen LogP contribution is 2.35. The van der Waals surface area contributed by atoms with Crippen molar-refractivity contribution in [3.63, 3.8) is 0 Å². The number of anilines is 1. The second-order valence-corrected chi connectivity index (χ2v) is 10.3. The van der Waals surface area contributed by atoms with Crippen LogP contribution < -0.4 is 21.5 Å². The van der Waals surface area contributed by atoms with E-state index in [9.17, 15) is 22.8 Å². The van der Waals surface area contributed by atoms with Gasteiger partial charge in [0, 0.05) is 38.8 Å². The molecule has 3 aromatic rings. The molecule has 36 heavy (non-hydrogen) atoms. The predicted molar refractivity (Wildman–Crippen MR) is 129 cm³/mol. The van der Waals surface area contributed by atoms with Crippen molar-refractivity contribution in [3.8, 4) is 0 Å². The molecule has 2 aliphatic heterocycles. The number of aryl methyl sites for hydroxylation is 1. The smallest absolute Gasteiger partial charge is 0.338 e. The van der Waals surface area contributed by atoms with Gasteiger partial charge >= 0.3 is 11.9 Å². The lowest BCUT2D eigenvalue weighted by Crippen LogP contribution is -2.41. The van der Waals surface area contributed by atoms with Crippen LogP contribution >= 0.6 is 0 Å². The molecule has 2 saturated heterocycles. The Morgan fingerprint density at radius 2 is 1.89 bits per heavy atom. The molecule has 6 rings (SSSR count). The van der Waals surface area contributed by atoms with Crippen molar-refractivity contribution < 1.29 is 13.2 Å². The van der Waals surface area contributed by atoms with Gasteiger partial charge in [0.25, 0.3) is 5.56 Å². The lowest BCUT2D eigenvalue weighted by atomic mass is 10.1. The number of nitrogens with zero attached hydrogens (tertiary/aromatic N) is 5. The Kier molecular flexibility index (Phi) is 5.51. The molecule has 0 spiro atoms. The second kappa shape index (κ2) is 8.50. The minimum atomic E-state index is -4.47. The van der Waals surface area contributed by atoms with Gasteiger partial charge in [-0.05, 0) is 42.9 Å². The zero-order chi connectivity index (χ0) is 25.2. The van der Waals surface area contributed by atoms with Gasteiger partial charge in [0.05, 0.1) is 12.1 Å². The molecule has 0 amide bonds. The summed E-state index contributed by atoms with van der Waals surface area (Å²) in [5.74, 6) is 0.987. The average molecular weight is 503 g/mol. The number of fused-ring (bicyclic) bond motifs is 2. The Morgan fingerprint density at radius 1 is 1.11 bits per heavy atom. The van der Waals surface area contributed by atoms with Crippen LogP contribution in [0.4, 0.5) is 19.1 Å². The molecule has 2 aromatic heterocycles. The molecule has 192 valence electrons. The van der Waals surface area contributed by atoms with Gasteiger partial charge in [0.1, 0.15) is 0 Å². The SMILES string of the molecule is Cn1c(=O)n(C2CCCC2)c(=O)c2c1nc(N1CCC3CNCC31)n2Cc1cccc(C(F)(F)F)c1. The molecule has 0 bridgehead atoms. The normalized spacial score (nSPS) is 22.7. The summed E-state index contributed by atoms with van der Waals surface area (Å²) in [6, 6.07) is 5.20. The average Bonchev–Trinajstić information content (AvgIpc) is 3.62. The topological polar surface area (TPSA) is 77.1 Å². The lowest BCUT2D eigenvalue weighted by Gasteiger charge is -2.25. The zero-order valence-corrected chi connectivity index (χ0v) is 20.1. The fraction of sp³-hybridized carbons (Fsp3) is 0.560. The third-order valence-corrected chi connectivity index (χ3v) is 8.15. The first-order valence-electron chi connectivity index (χ1n) is 12.6. The Morgan fingerprint density at radius 3 is 2.64 bits per heavy atom. The quantitative estimate of drug-likeness (QED) is 0.594. The molecule has 2 atom stereocenters. The number of halogens is 3. The first-order chi connectivity index (χ1) is 17.2. The van der Waals surface area contributed by atoms with Crippen LogP contribution in [0, 0.1) is 5.92 Å². The molecular weight excluding hydrogens is 473 g/mol. The molecule has 0 radical (unpaired) electrons. The van der Waals surface area contributed by atoms with Crippen LogP contribution in [-0.2, 0) is 19.8 Å². The number of alkyl halides is 3. The van der Waals surface area contributed by atoms with Gasteiger partial charge in [-0.3, -0.25) is 18.5 Å². The molecule has 1 aromatic carbocycles. The van der Waals surface area contributed by atoms with Crippen LogP contribution in [0.1, 0.15) is 49.3 Å². The molecule has 1 saturated carbocycles. The van der Waals surface area contributed by atoms with Gasteiger partial charge in [0.2, 0.25) is 5.95 Å². The van der Waals surface area contributed by atoms with E-state index in [4.69, 9.17) is 4.98 Å². The summed E-state index contributed by atoms with van der Waals surface area (Å²) < 4.78 is 44.8. The van der Waals surface area contributed by atoms with Crippen LogP contribution in [0.3, 0.4) is 0 Å². The van der Waals surface area contributed by atoms with E-state index in [0.717, 1.165) is 63.9 Å². The number of hydrogen-bond donors (Lipinski definition) is 1. The van der Waals surface area contributed by atoms with Crippen LogP contribution in [-0.4, -0.2) is 44.4 Å². The summed E-state index contributed by atoms with van der Waals surface area (Å²) in [6.45, 7) is 2.48. The van der Waals surface area contributed by atoms with Crippen LogP contribution in [0.15, 0.2) is 33.9 Å². The number of aromatic nitrogens is 4. The van der Waals surface area contributed by atoms with E-state index in [-0.39, 0.29) is 29.8 Å². The minimum absolute atomic E-state index is 0.0508. The fourth-order valence-electron chi connectivity index (χ4n) is 6.31. The summed E-state index contributed by atoms with van der Waals surface area (Å²) in [5.41, 5.74) is -0.571. The number of imidazole rings is 1. The number of nitrogens with one attached hydrogen (secondary N) is 1. The first-order valence-corrected chi connectivity index (χ1v) is 12.6. The maximum absolute atomic E-state index is 13.9. The number of rotatable bonds is 4. The van der Waals surface area contributed by atoms with E-state index < -0.39 is 23.0 Å². The van der Waals surface area contributed by atoms with Gasteiger partial charge < -0.3 is 10.2 Å². The highest BCUT2D eigenvalue weighted by atomic mass is 19.4. The first kappa shape index (κ1) is 23.3. The maximum atomic E-state index is 13.9. The van der Waals surface area contributed by atoms with E-state index in [2.05, 4.69) is 10.2 Å².